The molecular formula is C6H11NO3. The van der Waals surface area contributed by atoms with Crippen molar-refractivity contribution in [1.29, 1.82) is 0 Å². The molecule has 0 radical (unpaired) electrons. The minimum Gasteiger partial charge on any atom is -0.453 e. The molecule has 0 aromatic rings. The molecule has 0 bridgehead atoms. The molecule has 0 atom stereocenters. The van der Waals surface area contributed by atoms with E-state index in [0.29, 0.717) is 12.8 Å². The Bertz CT molecular complexity index is 124. The van der Waals surface area contributed by atoms with E-state index in [0.717, 1.165) is 0 Å². The summed E-state index contributed by atoms with van der Waals surface area (Å²) in [5, 5.41) is 0. The highest BCUT2D eigenvalue weighted by molar-refractivity contribution is 5.71. The van der Waals surface area contributed by atoms with Crippen molar-refractivity contribution >= 4 is 12.4 Å². The Balaban J connectivity index is 3.79. The number of amides is 1. The lowest BCUT2D eigenvalue weighted by Gasteiger charge is -2.14. The van der Waals surface area contributed by atoms with Crippen LogP contribution in [0.5, 0.6) is 0 Å². The van der Waals surface area contributed by atoms with E-state index in [1.807, 2.05) is 0 Å². The van der Waals surface area contributed by atoms with Crippen LogP contribution in [0.3, 0.4) is 0 Å². The Morgan fingerprint density at radius 1 is 1.70 bits per heavy atom. The number of hydrogen-bond acceptors (Lipinski definition) is 3. The Labute approximate surface area is 59.8 Å². The first-order chi connectivity index (χ1) is 4.76. The number of hydrogen-bond donors (Lipinski definition) is 0. The van der Waals surface area contributed by atoms with Crippen LogP contribution in [0.1, 0.15) is 6.92 Å². The van der Waals surface area contributed by atoms with Gasteiger partial charge in [-0.1, -0.05) is 0 Å². The van der Waals surface area contributed by atoms with Crippen molar-refractivity contribution in [3.8, 4) is 0 Å². The fraction of sp³-hybridized carbons (Fsp3) is 0.667. The number of carbonyl (C=O) groups excluding carboxylic acids is 2. The van der Waals surface area contributed by atoms with Crippen LogP contribution in [-0.4, -0.2) is 37.5 Å². The zero-order valence-corrected chi connectivity index (χ0v) is 6.16. The van der Waals surface area contributed by atoms with Gasteiger partial charge in [0.2, 0.25) is 0 Å². The van der Waals surface area contributed by atoms with Crippen LogP contribution in [0.15, 0.2) is 0 Å². The van der Waals surface area contributed by atoms with Gasteiger partial charge in [0.1, 0.15) is 6.29 Å². The second-order valence-electron chi connectivity index (χ2n) is 1.68. The molecule has 0 saturated heterocycles. The van der Waals surface area contributed by atoms with Crippen molar-refractivity contribution in [2.45, 2.75) is 6.92 Å². The van der Waals surface area contributed by atoms with Gasteiger partial charge < -0.3 is 14.4 Å². The Kier molecular flexibility index (Phi) is 4.28. The molecule has 0 N–H and O–H groups in total. The van der Waals surface area contributed by atoms with E-state index in [1.54, 1.807) is 6.92 Å². The van der Waals surface area contributed by atoms with E-state index in [2.05, 4.69) is 4.74 Å². The number of aldehydes is 1. The molecule has 0 aromatic heterocycles. The molecule has 0 fully saturated rings. The molecule has 0 heterocycles. The molecule has 0 aliphatic heterocycles. The minimum atomic E-state index is -0.463. The van der Waals surface area contributed by atoms with Crippen molar-refractivity contribution in [3.63, 3.8) is 0 Å². The zero-order valence-electron chi connectivity index (χ0n) is 6.16. The van der Waals surface area contributed by atoms with Gasteiger partial charge in [0, 0.05) is 6.54 Å². The summed E-state index contributed by atoms with van der Waals surface area (Å²) in [6.45, 7) is 2.37. The SMILES string of the molecule is CCN(CC=O)C(=O)OC. The predicted octanol–water partition coefficient (Wildman–Crippen LogP) is 0.274. The summed E-state index contributed by atoms with van der Waals surface area (Å²) in [6.07, 6.45) is 0.204. The first-order valence-electron chi connectivity index (χ1n) is 3.02. The van der Waals surface area contributed by atoms with Gasteiger partial charge in [-0.2, -0.15) is 0 Å². The van der Waals surface area contributed by atoms with E-state index >= 15 is 0 Å². The van der Waals surface area contributed by atoms with Crippen molar-refractivity contribution < 1.29 is 14.3 Å². The lowest BCUT2D eigenvalue weighted by Crippen LogP contribution is -2.32. The molecule has 0 aliphatic rings. The highest BCUT2D eigenvalue weighted by Gasteiger charge is 2.08. The Hall–Kier alpha value is -1.06. The third-order valence-electron chi connectivity index (χ3n) is 1.11. The predicted molar refractivity (Wildman–Crippen MR) is 35.7 cm³/mol. The summed E-state index contributed by atoms with van der Waals surface area (Å²) in [5.74, 6) is 0. The molecule has 0 aromatic carbocycles. The second kappa shape index (κ2) is 4.78. The zero-order chi connectivity index (χ0) is 7.98. The topological polar surface area (TPSA) is 46.6 Å². The van der Waals surface area contributed by atoms with E-state index in [-0.39, 0.29) is 6.54 Å². The summed E-state index contributed by atoms with van der Waals surface area (Å²) in [7, 11) is 1.29. The van der Waals surface area contributed by atoms with Gasteiger partial charge in [-0.05, 0) is 6.92 Å². The van der Waals surface area contributed by atoms with E-state index < -0.39 is 6.09 Å². The number of nitrogens with zero attached hydrogens (tertiary/aromatic N) is 1. The maximum Gasteiger partial charge on any atom is 0.409 e. The van der Waals surface area contributed by atoms with E-state index in [1.165, 1.54) is 12.0 Å². The van der Waals surface area contributed by atoms with Crippen LogP contribution in [0.25, 0.3) is 0 Å². The highest BCUT2D eigenvalue weighted by Crippen LogP contribution is 1.88. The number of methoxy groups -OCH3 is 1. The standard InChI is InChI=1S/C6H11NO3/c1-3-7(4-5-8)6(9)10-2/h5H,3-4H2,1-2H3. The first kappa shape index (κ1) is 8.94. The van der Waals surface area contributed by atoms with Crippen LogP contribution in [0.4, 0.5) is 4.79 Å². The average Bonchev–Trinajstić information content (AvgIpc) is 1.99. The fourth-order valence-corrected chi connectivity index (χ4v) is 0.552. The van der Waals surface area contributed by atoms with Gasteiger partial charge in [-0.25, -0.2) is 4.79 Å². The van der Waals surface area contributed by atoms with Gasteiger partial charge >= 0.3 is 6.09 Å². The average molecular weight is 145 g/mol. The number of ether oxygens (including phenoxy) is 1. The third-order valence-corrected chi connectivity index (χ3v) is 1.11. The smallest absolute Gasteiger partial charge is 0.409 e. The highest BCUT2D eigenvalue weighted by atomic mass is 16.5. The number of carbonyl (C=O) groups is 2. The minimum absolute atomic E-state index is 0.100. The molecule has 4 nitrogen and oxygen atoms in total. The molecule has 0 rings (SSSR count). The lowest BCUT2D eigenvalue weighted by atomic mass is 10.5. The largest absolute Gasteiger partial charge is 0.453 e. The van der Waals surface area contributed by atoms with E-state index in [4.69, 9.17) is 0 Å². The van der Waals surface area contributed by atoms with Crippen molar-refractivity contribution in [1.82, 2.24) is 4.90 Å². The summed E-state index contributed by atoms with van der Waals surface area (Å²) >= 11 is 0. The van der Waals surface area contributed by atoms with E-state index in [9.17, 15) is 9.59 Å². The molecule has 58 valence electrons. The quantitative estimate of drug-likeness (QED) is 0.535. The fourth-order valence-electron chi connectivity index (χ4n) is 0.552. The Morgan fingerprint density at radius 2 is 2.30 bits per heavy atom. The van der Waals surface area contributed by atoms with Gasteiger partial charge in [0.05, 0.1) is 13.7 Å². The molecule has 1 amide bonds. The van der Waals surface area contributed by atoms with Crippen LogP contribution in [-0.2, 0) is 9.53 Å². The molecule has 0 unspecified atom stereocenters. The van der Waals surface area contributed by atoms with Crippen molar-refractivity contribution in [2.24, 2.45) is 0 Å². The molecule has 0 saturated carbocycles. The van der Waals surface area contributed by atoms with Crippen LogP contribution in [0.2, 0.25) is 0 Å². The lowest BCUT2D eigenvalue weighted by molar-refractivity contribution is -0.108. The molecular weight excluding hydrogens is 134 g/mol. The Morgan fingerprint density at radius 3 is 2.60 bits per heavy atom. The maximum atomic E-state index is 10.7. The monoisotopic (exact) mass is 145 g/mol. The third kappa shape index (κ3) is 2.48. The van der Waals surface area contributed by atoms with Gasteiger partial charge in [-0.3, -0.25) is 0 Å². The normalized spacial score (nSPS) is 8.60. The maximum absolute atomic E-state index is 10.7. The molecule has 0 aliphatic carbocycles. The molecule has 0 spiro atoms. The van der Waals surface area contributed by atoms with Gasteiger partial charge in [0.25, 0.3) is 0 Å². The summed E-state index contributed by atoms with van der Waals surface area (Å²) in [5.41, 5.74) is 0. The van der Waals surface area contributed by atoms with Gasteiger partial charge in [-0.15, -0.1) is 0 Å². The van der Waals surface area contributed by atoms with Crippen LogP contribution >= 0.6 is 0 Å². The van der Waals surface area contributed by atoms with Crippen LogP contribution < -0.4 is 0 Å². The molecule has 4 heteroatoms. The molecule has 10 heavy (non-hydrogen) atoms. The second-order valence-corrected chi connectivity index (χ2v) is 1.68. The van der Waals surface area contributed by atoms with Crippen LogP contribution in [0, 0.1) is 0 Å². The van der Waals surface area contributed by atoms with Crippen molar-refractivity contribution in [3.05, 3.63) is 0 Å². The summed E-state index contributed by atoms with van der Waals surface area (Å²) in [4.78, 5) is 21.9. The first-order valence-corrected chi connectivity index (χ1v) is 3.02. The van der Waals surface area contributed by atoms with Crippen molar-refractivity contribution in [2.75, 3.05) is 20.2 Å². The summed E-state index contributed by atoms with van der Waals surface area (Å²) in [6, 6.07) is 0. The summed E-state index contributed by atoms with van der Waals surface area (Å²) < 4.78 is 4.38. The number of rotatable bonds is 3. The van der Waals surface area contributed by atoms with Gasteiger partial charge in [0.15, 0.2) is 0 Å². The number of likely N-dealkylation sites (N-methyl/N-ethyl adjacent to an activating group) is 1.